The van der Waals surface area contributed by atoms with E-state index in [-0.39, 0.29) is 5.91 Å². The van der Waals surface area contributed by atoms with Gasteiger partial charge in [0.15, 0.2) is 0 Å². The number of piperazine rings is 1. The molecule has 0 radical (unpaired) electrons. The van der Waals surface area contributed by atoms with Crippen molar-refractivity contribution < 1.29 is 4.79 Å². The van der Waals surface area contributed by atoms with Crippen molar-refractivity contribution in [1.29, 1.82) is 0 Å². The van der Waals surface area contributed by atoms with E-state index in [1.807, 2.05) is 18.2 Å². The lowest BCUT2D eigenvalue weighted by Gasteiger charge is -2.38. The number of likely N-dealkylation sites (N-methyl/N-ethyl adjacent to an activating group) is 1. The highest BCUT2D eigenvalue weighted by atomic mass is 16.2. The SMILES string of the molecule is C[C@@H]1CN(C)CCN1CC(=O)N1CCC(c2ccccc2)=N1. The van der Waals surface area contributed by atoms with Gasteiger partial charge in [0.25, 0.3) is 5.91 Å². The van der Waals surface area contributed by atoms with Gasteiger partial charge in [0.05, 0.1) is 18.8 Å². The number of rotatable bonds is 3. The van der Waals surface area contributed by atoms with E-state index in [4.69, 9.17) is 0 Å². The number of amides is 1. The van der Waals surface area contributed by atoms with Gasteiger partial charge in [0.1, 0.15) is 0 Å². The van der Waals surface area contributed by atoms with E-state index in [1.165, 1.54) is 0 Å². The zero-order chi connectivity index (χ0) is 15.5. The molecule has 0 spiro atoms. The molecule has 2 aliphatic heterocycles. The fourth-order valence-corrected chi connectivity index (χ4v) is 3.14. The third kappa shape index (κ3) is 3.36. The van der Waals surface area contributed by atoms with Gasteiger partial charge >= 0.3 is 0 Å². The van der Waals surface area contributed by atoms with Crippen molar-refractivity contribution in [3.63, 3.8) is 0 Å². The minimum Gasteiger partial charge on any atom is -0.304 e. The molecule has 3 rings (SSSR count). The van der Waals surface area contributed by atoms with Gasteiger partial charge in [-0.2, -0.15) is 5.10 Å². The Kier molecular flexibility index (Phi) is 4.55. The van der Waals surface area contributed by atoms with Crippen LogP contribution in [0.25, 0.3) is 0 Å². The van der Waals surface area contributed by atoms with Gasteiger partial charge in [0, 0.05) is 32.1 Å². The molecule has 5 nitrogen and oxygen atoms in total. The van der Waals surface area contributed by atoms with Crippen molar-refractivity contribution in [2.75, 3.05) is 39.8 Å². The smallest absolute Gasteiger partial charge is 0.256 e. The van der Waals surface area contributed by atoms with Gasteiger partial charge in [0.2, 0.25) is 0 Å². The fourth-order valence-electron chi connectivity index (χ4n) is 3.14. The highest BCUT2D eigenvalue weighted by Crippen LogP contribution is 2.15. The Morgan fingerprint density at radius 3 is 2.73 bits per heavy atom. The van der Waals surface area contributed by atoms with Gasteiger partial charge in [-0.05, 0) is 19.5 Å². The van der Waals surface area contributed by atoms with Crippen LogP contribution in [0.5, 0.6) is 0 Å². The first kappa shape index (κ1) is 15.2. The van der Waals surface area contributed by atoms with Gasteiger partial charge in [-0.1, -0.05) is 30.3 Å². The third-order valence-corrected chi connectivity index (χ3v) is 4.50. The highest BCUT2D eigenvalue weighted by Gasteiger charge is 2.27. The summed E-state index contributed by atoms with van der Waals surface area (Å²) in [6.45, 7) is 6.35. The molecule has 5 heteroatoms. The quantitative estimate of drug-likeness (QED) is 0.843. The molecular formula is C17H24N4O. The molecule has 2 aliphatic rings. The van der Waals surface area contributed by atoms with Gasteiger partial charge < -0.3 is 4.90 Å². The van der Waals surface area contributed by atoms with E-state index in [2.05, 4.69) is 41.0 Å². The fraction of sp³-hybridized carbons (Fsp3) is 0.529. The topological polar surface area (TPSA) is 39.1 Å². The van der Waals surface area contributed by atoms with E-state index < -0.39 is 0 Å². The molecule has 0 unspecified atom stereocenters. The lowest BCUT2D eigenvalue weighted by molar-refractivity contribution is -0.133. The Balaban J connectivity index is 1.61. The van der Waals surface area contributed by atoms with Crippen molar-refractivity contribution in [2.45, 2.75) is 19.4 Å². The minimum atomic E-state index is 0.113. The van der Waals surface area contributed by atoms with Crippen LogP contribution in [-0.2, 0) is 4.79 Å². The van der Waals surface area contributed by atoms with Crippen LogP contribution in [-0.4, -0.2) is 72.2 Å². The maximum Gasteiger partial charge on any atom is 0.256 e. The molecule has 1 aromatic carbocycles. The predicted octanol–water partition coefficient (Wildman–Crippen LogP) is 1.26. The summed E-state index contributed by atoms with van der Waals surface area (Å²) in [5.41, 5.74) is 2.13. The van der Waals surface area contributed by atoms with Crippen molar-refractivity contribution in [3.05, 3.63) is 35.9 Å². The number of carbonyl (C=O) groups excluding carboxylic acids is 1. The van der Waals surface area contributed by atoms with Crippen LogP contribution < -0.4 is 0 Å². The average Bonchev–Trinajstić information content (AvgIpc) is 3.01. The van der Waals surface area contributed by atoms with E-state index in [1.54, 1.807) is 5.01 Å². The number of carbonyl (C=O) groups is 1. The molecule has 0 aliphatic carbocycles. The van der Waals surface area contributed by atoms with Crippen LogP contribution >= 0.6 is 0 Å². The van der Waals surface area contributed by atoms with Crippen molar-refractivity contribution in [2.24, 2.45) is 5.10 Å². The van der Waals surface area contributed by atoms with Crippen LogP contribution in [0.4, 0.5) is 0 Å². The lowest BCUT2D eigenvalue weighted by Crippen LogP contribution is -2.53. The van der Waals surface area contributed by atoms with Gasteiger partial charge in [-0.3, -0.25) is 9.69 Å². The number of benzene rings is 1. The molecule has 0 N–H and O–H groups in total. The van der Waals surface area contributed by atoms with E-state index in [9.17, 15) is 4.79 Å². The molecule has 22 heavy (non-hydrogen) atoms. The summed E-state index contributed by atoms with van der Waals surface area (Å²) >= 11 is 0. The van der Waals surface area contributed by atoms with E-state index in [0.29, 0.717) is 19.1 Å². The normalized spacial score (nSPS) is 23.6. The Morgan fingerprint density at radius 1 is 1.23 bits per heavy atom. The second kappa shape index (κ2) is 6.58. The van der Waals surface area contributed by atoms with Crippen LogP contribution in [0.3, 0.4) is 0 Å². The van der Waals surface area contributed by atoms with E-state index in [0.717, 1.165) is 37.3 Å². The molecule has 1 amide bonds. The molecule has 1 saturated heterocycles. The summed E-state index contributed by atoms with van der Waals surface area (Å²) in [5, 5.41) is 6.17. The zero-order valence-corrected chi connectivity index (χ0v) is 13.4. The second-order valence-corrected chi connectivity index (χ2v) is 6.26. The maximum atomic E-state index is 12.5. The molecule has 118 valence electrons. The monoisotopic (exact) mass is 300 g/mol. The summed E-state index contributed by atoms with van der Waals surface area (Å²) in [7, 11) is 2.13. The van der Waals surface area contributed by atoms with Gasteiger partial charge in [-0.25, -0.2) is 5.01 Å². The molecule has 0 saturated carbocycles. The van der Waals surface area contributed by atoms with Crippen LogP contribution in [0.1, 0.15) is 18.9 Å². The first-order valence-corrected chi connectivity index (χ1v) is 7.99. The standard InChI is InChI=1S/C17H24N4O/c1-14-12-19(2)10-11-20(14)13-17(22)21-9-8-16(18-21)15-6-4-3-5-7-15/h3-7,14H,8-13H2,1-2H3/t14-/m1/s1. The second-order valence-electron chi connectivity index (χ2n) is 6.26. The summed E-state index contributed by atoms with van der Waals surface area (Å²) < 4.78 is 0. The molecule has 2 heterocycles. The van der Waals surface area contributed by atoms with Crippen LogP contribution in [0, 0.1) is 0 Å². The van der Waals surface area contributed by atoms with Crippen molar-refractivity contribution >= 4 is 11.6 Å². The Bertz CT molecular complexity index is 557. The Morgan fingerprint density at radius 2 is 2.00 bits per heavy atom. The molecule has 1 atom stereocenters. The molecule has 0 bridgehead atoms. The summed E-state index contributed by atoms with van der Waals surface area (Å²) in [4.78, 5) is 17.1. The summed E-state index contributed by atoms with van der Waals surface area (Å²) in [6, 6.07) is 10.5. The zero-order valence-electron chi connectivity index (χ0n) is 13.4. The predicted molar refractivity (Wildman–Crippen MR) is 87.8 cm³/mol. The largest absolute Gasteiger partial charge is 0.304 e. The highest BCUT2D eigenvalue weighted by molar-refractivity contribution is 6.02. The Labute approximate surface area is 132 Å². The molecule has 0 aromatic heterocycles. The van der Waals surface area contributed by atoms with Crippen LogP contribution in [0.2, 0.25) is 0 Å². The van der Waals surface area contributed by atoms with Crippen molar-refractivity contribution in [1.82, 2.24) is 14.8 Å². The number of nitrogens with zero attached hydrogens (tertiary/aromatic N) is 4. The number of hydrazone groups is 1. The Hall–Kier alpha value is -1.72. The van der Waals surface area contributed by atoms with Crippen LogP contribution in [0.15, 0.2) is 35.4 Å². The third-order valence-electron chi connectivity index (χ3n) is 4.50. The summed E-state index contributed by atoms with van der Waals surface area (Å²) in [6.07, 6.45) is 0.841. The number of hydrogen-bond acceptors (Lipinski definition) is 4. The molecule has 1 fully saturated rings. The summed E-state index contributed by atoms with van der Waals surface area (Å²) in [5.74, 6) is 0.113. The molecular weight excluding hydrogens is 276 g/mol. The maximum absolute atomic E-state index is 12.5. The lowest BCUT2D eigenvalue weighted by atomic mass is 10.1. The first-order valence-electron chi connectivity index (χ1n) is 7.99. The average molecular weight is 300 g/mol. The van der Waals surface area contributed by atoms with Crippen molar-refractivity contribution in [3.8, 4) is 0 Å². The minimum absolute atomic E-state index is 0.113. The van der Waals surface area contributed by atoms with Gasteiger partial charge in [-0.15, -0.1) is 0 Å². The first-order chi connectivity index (χ1) is 10.6. The number of hydrogen-bond donors (Lipinski definition) is 0. The van der Waals surface area contributed by atoms with E-state index >= 15 is 0 Å². The molecule has 1 aromatic rings.